The van der Waals surface area contributed by atoms with E-state index in [1.54, 1.807) is 19.1 Å². The van der Waals surface area contributed by atoms with Gasteiger partial charge in [0, 0.05) is 12.0 Å². The fraction of sp³-hybridized carbons (Fsp3) is 0.227. The van der Waals surface area contributed by atoms with E-state index in [0.29, 0.717) is 17.9 Å². The molecule has 3 N–H and O–H groups in total. The first-order valence-corrected chi connectivity index (χ1v) is 9.68. The molecular weight excluding hydrogens is 414 g/mol. The number of nitrogens with two attached hydrogens (primary N) is 1. The molecule has 0 radical (unpaired) electrons. The first kappa shape index (κ1) is 22.5. The molecule has 0 atom stereocenters. The van der Waals surface area contributed by atoms with Crippen LogP contribution in [-0.2, 0) is 20.7 Å². The van der Waals surface area contributed by atoms with E-state index in [4.69, 9.17) is 15.9 Å². The zero-order valence-electron chi connectivity index (χ0n) is 17.9. The van der Waals surface area contributed by atoms with E-state index in [1.165, 1.54) is 37.0 Å². The Morgan fingerprint density at radius 2 is 1.78 bits per heavy atom. The Kier molecular flexibility index (Phi) is 6.53. The zero-order chi connectivity index (χ0) is 23.4. The summed E-state index contributed by atoms with van der Waals surface area (Å²) in [6, 6.07) is 11.5. The third-order valence-electron chi connectivity index (χ3n) is 4.92. The number of carbonyl (C=O) groups is 2. The van der Waals surface area contributed by atoms with Crippen molar-refractivity contribution in [1.82, 2.24) is 14.3 Å². The first-order chi connectivity index (χ1) is 15.3. The number of aryl methyl sites for hydroxylation is 2. The number of carbonyl (C=O) groups excluding carboxylic acids is 2. The van der Waals surface area contributed by atoms with Crippen molar-refractivity contribution in [1.29, 1.82) is 5.41 Å². The lowest BCUT2D eigenvalue weighted by Crippen LogP contribution is -2.26. The number of rotatable bonds is 7. The number of hydrogen-bond donors (Lipinski definition) is 2. The molecule has 0 aliphatic carbocycles. The van der Waals surface area contributed by atoms with Gasteiger partial charge in [-0.25, -0.2) is 14.2 Å². The second-order valence-electron chi connectivity index (χ2n) is 6.96. The summed E-state index contributed by atoms with van der Waals surface area (Å²) < 4.78 is 11.9. The molecule has 0 fully saturated rings. The maximum atomic E-state index is 13.2. The van der Waals surface area contributed by atoms with Crippen LogP contribution in [0.25, 0.3) is 11.4 Å². The number of esters is 2. The van der Waals surface area contributed by atoms with Crippen LogP contribution < -0.4 is 11.4 Å². The molecule has 3 rings (SSSR count). The van der Waals surface area contributed by atoms with Crippen LogP contribution in [0.2, 0.25) is 0 Å². The number of nitrogen functional groups attached to an aromatic ring is 1. The predicted octanol–water partition coefficient (Wildman–Crippen LogP) is 1.51. The van der Waals surface area contributed by atoms with Crippen molar-refractivity contribution in [3.05, 3.63) is 75.5 Å². The Bertz CT molecular complexity index is 1240. The van der Waals surface area contributed by atoms with Crippen LogP contribution in [-0.4, -0.2) is 46.3 Å². The molecule has 0 aliphatic heterocycles. The molecule has 0 aliphatic rings. The van der Waals surface area contributed by atoms with Gasteiger partial charge in [0.2, 0.25) is 0 Å². The maximum absolute atomic E-state index is 13.2. The molecule has 0 bridgehead atoms. The van der Waals surface area contributed by atoms with E-state index in [9.17, 15) is 14.4 Å². The van der Waals surface area contributed by atoms with Gasteiger partial charge in [0.05, 0.1) is 31.2 Å². The Morgan fingerprint density at radius 3 is 2.38 bits per heavy atom. The van der Waals surface area contributed by atoms with Crippen molar-refractivity contribution < 1.29 is 19.1 Å². The minimum atomic E-state index is -0.583. The molecule has 1 aromatic heterocycles. The highest BCUT2D eigenvalue weighted by molar-refractivity contribution is 6.01. The summed E-state index contributed by atoms with van der Waals surface area (Å²) in [4.78, 5) is 36.3. The minimum absolute atomic E-state index is 0.179. The average Bonchev–Trinajstić information content (AvgIpc) is 3.10. The molecular formula is C22H23N5O5. The van der Waals surface area contributed by atoms with Crippen molar-refractivity contribution in [3.8, 4) is 11.4 Å². The number of benzene rings is 2. The minimum Gasteiger partial charge on any atom is -0.469 e. The van der Waals surface area contributed by atoms with E-state index >= 15 is 0 Å². The van der Waals surface area contributed by atoms with E-state index in [2.05, 4.69) is 9.84 Å². The van der Waals surface area contributed by atoms with Gasteiger partial charge in [-0.05, 0) is 49.2 Å². The number of nitrogens with zero attached hydrogens (tertiary/aromatic N) is 3. The smallest absolute Gasteiger partial charge is 0.355 e. The standard InChI is InChI=1S/C22H23N5O5/c1-13-25-27(18-10-7-15(21(29)32-3)12-17(18)20(23)24)22(30)26(13)16-8-4-14(5-9-16)6-11-19(28)31-2/h4-5,7-10,12H,6,11H2,1-3H3,(H3,23,24). The fourth-order valence-corrected chi connectivity index (χ4v) is 3.26. The molecule has 10 heteroatoms. The lowest BCUT2D eigenvalue weighted by atomic mass is 10.1. The van der Waals surface area contributed by atoms with E-state index in [-0.39, 0.29) is 35.0 Å². The molecule has 166 valence electrons. The third kappa shape index (κ3) is 4.43. The molecule has 0 saturated carbocycles. The van der Waals surface area contributed by atoms with Crippen molar-refractivity contribution in [2.45, 2.75) is 19.8 Å². The zero-order valence-corrected chi connectivity index (χ0v) is 17.9. The van der Waals surface area contributed by atoms with Crippen molar-refractivity contribution >= 4 is 17.8 Å². The molecule has 0 spiro atoms. The van der Waals surface area contributed by atoms with Crippen LogP contribution in [0.3, 0.4) is 0 Å². The Balaban J connectivity index is 2.00. The number of hydrogen-bond acceptors (Lipinski definition) is 7. The molecule has 2 aromatic carbocycles. The second-order valence-corrected chi connectivity index (χ2v) is 6.96. The largest absolute Gasteiger partial charge is 0.469 e. The topological polar surface area (TPSA) is 142 Å². The van der Waals surface area contributed by atoms with Crippen LogP contribution >= 0.6 is 0 Å². The monoisotopic (exact) mass is 437 g/mol. The molecule has 3 aromatic rings. The number of ether oxygens (including phenoxy) is 2. The number of methoxy groups -OCH3 is 2. The fourth-order valence-electron chi connectivity index (χ4n) is 3.26. The summed E-state index contributed by atoms with van der Waals surface area (Å²) in [6.45, 7) is 1.68. The van der Waals surface area contributed by atoms with Crippen LogP contribution in [0.5, 0.6) is 0 Å². The Labute approximate surface area is 183 Å². The summed E-state index contributed by atoms with van der Waals surface area (Å²) in [6.07, 6.45) is 0.788. The lowest BCUT2D eigenvalue weighted by molar-refractivity contribution is -0.140. The van der Waals surface area contributed by atoms with E-state index < -0.39 is 11.7 Å². The quantitative estimate of drug-likeness (QED) is 0.324. The normalized spacial score (nSPS) is 10.6. The van der Waals surface area contributed by atoms with Crippen LogP contribution in [0.4, 0.5) is 0 Å². The summed E-state index contributed by atoms with van der Waals surface area (Å²) in [5.41, 5.74) is 7.40. The van der Waals surface area contributed by atoms with Gasteiger partial charge in [0.15, 0.2) is 0 Å². The van der Waals surface area contributed by atoms with Gasteiger partial charge in [-0.1, -0.05) is 12.1 Å². The molecule has 0 saturated heterocycles. The van der Waals surface area contributed by atoms with Gasteiger partial charge in [-0.2, -0.15) is 4.68 Å². The molecule has 0 unspecified atom stereocenters. The molecule has 10 nitrogen and oxygen atoms in total. The van der Waals surface area contributed by atoms with Gasteiger partial charge in [0.25, 0.3) is 0 Å². The SMILES string of the molecule is COC(=O)CCc1ccc(-n2c(C)nn(-c3ccc(C(=O)OC)cc3C(=N)N)c2=O)cc1. The first-order valence-electron chi connectivity index (χ1n) is 9.68. The summed E-state index contributed by atoms with van der Waals surface area (Å²) in [7, 11) is 2.60. The predicted molar refractivity (Wildman–Crippen MR) is 117 cm³/mol. The highest BCUT2D eigenvalue weighted by atomic mass is 16.5. The lowest BCUT2D eigenvalue weighted by Gasteiger charge is -2.09. The van der Waals surface area contributed by atoms with Crippen molar-refractivity contribution in [2.24, 2.45) is 5.73 Å². The van der Waals surface area contributed by atoms with Gasteiger partial charge in [-0.3, -0.25) is 10.2 Å². The van der Waals surface area contributed by atoms with E-state index in [0.717, 1.165) is 10.2 Å². The maximum Gasteiger partial charge on any atom is 0.355 e. The van der Waals surface area contributed by atoms with Gasteiger partial charge >= 0.3 is 17.6 Å². The molecule has 1 heterocycles. The number of aromatic nitrogens is 3. The van der Waals surface area contributed by atoms with Crippen molar-refractivity contribution in [2.75, 3.05) is 14.2 Å². The van der Waals surface area contributed by atoms with Gasteiger partial charge in [0.1, 0.15) is 11.7 Å². The van der Waals surface area contributed by atoms with Crippen molar-refractivity contribution in [3.63, 3.8) is 0 Å². The van der Waals surface area contributed by atoms with E-state index in [1.807, 2.05) is 12.1 Å². The molecule has 0 amide bonds. The average molecular weight is 437 g/mol. The van der Waals surface area contributed by atoms with Crippen LogP contribution in [0.1, 0.15) is 33.7 Å². The highest BCUT2D eigenvalue weighted by Gasteiger charge is 2.19. The van der Waals surface area contributed by atoms with Crippen LogP contribution in [0, 0.1) is 12.3 Å². The van der Waals surface area contributed by atoms with Gasteiger partial charge < -0.3 is 15.2 Å². The third-order valence-corrected chi connectivity index (χ3v) is 4.92. The summed E-state index contributed by atoms with van der Waals surface area (Å²) in [5, 5.41) is 12.2. The highest BCUT2D eigenvalue weighted by Crippen LogP contribution is 2.17. The van der Waals surface area contributed by atoms with Crippen LogP contribution in [0.15, 0.2) is 47.3 Å². The Morgan fingerprint density at radius 1 is 1.09 bits per heavy atom. The number of nitrogens with one attached hydrogen (secondary N) is 1. The summed E-state index contributed by atoms with van der Waals surface area (Å²) in [5.74, 6) is -0.772. The second kappa shape index (κ2) is 9.29. The molecule has 32 heavy (non-hydrogen) atoms. The number of amidine groups is 1. The Hall–Kier alpha value is -4.21. The summed E-state index contributed by atoms with van der Waals surface area (Å²) >= 11 is 0. The van der Waals surface area contributed by atoms with Gasteiger partial charge in [-0.15, -0.1) is 5.10 Å².